The molecular weight excluding hydrogens is 202 g/mol. The van der Waals surface area contributed by atoms with Gasteiger partial charge in [0.25, 0.3) is 0 Å². The molecule has 0 saturated heterocycles. The Labute approximate surface area is 87.0 Å². The van der Waals surface area contributed by atoms with Crippen LogP contribution in [0.4, 0.5) is 0 Å². The summed E-state index contributed by atoms with van der Waals surface area (Å²) in [6.45, 7) is 1.81. The van der Waals surface area contributed by atoms with Gasteiger partial charge in [0, 0.05) is 12.0 Å². The zero-order chi connectivity index (χ0) is 9.97. The number of nitrogens with zero attached hydrogens (tertiary/aromatic N) is 3. The number of hydrogen-bond acceptors (Lipinski definition) is 3. The highest BCUT2D eigenvalue weighted by Gasteiger charge is 2.19. The molecule has 74 valence electrons. The van der Waals surface area contributed by atoms with Gasteiger partial charge in [-0.15, -0.1) is 0 Å². The molecule has 2 rings (SSSR count). The van der Waals surface area contributed by atoms with Gasteiger partial charge in [-0.25, -0.2) is 0 Å². The minimum Gasteiger partial charge on any atom is -0.376 e. The summed E-state index contributed by atoms with van der Waals surface area (Å²) in [5.41, 5.74) is 2.00. The second kappa shape index (κ2) is 3.99. The summed E-state index contributed by atoms with van der Waals surface area (Å²) < 4.78 is 6.98. The highest BCUT2D eigenvalue weighted by Crippen LogP contribution is 2.24. The minimum absolute atomic E-state index is 0.432. The van der Waals surface area contributed by atoms with Gasteiger partial charge in [0.05, 0.1) is 37.9 Å². The lowest BCUT2D eigenvalue weighted by Crippen LogP contribution is -2.08. The molecule has 0 aliphatic carbocycles. The molecule has 4 nitrogen and oxygen atoms in total. The molecule has 0 aromatic carbocycles. The van der Waals surface area contributed by atoms with Gasteiger partial charge in [-0.1, -0.05) is 11.6 Å². The molecule has 2 heterocycles. The Bertz CT molecular complexity index is 380. The first kappa shape index (κ1) is 9.50. The number of halogens is 1. The molecule has 0 saturated carbocycles. The zero-order valence-electron chi connectivity index (χ0n) is 7.66. The molecule has 5 heteroatoms. The fourth-order valence-corrected chi connectivity index (χ4v) is 1.80. The first-order valence-corrected chi connectivity index (χ1v) is 4.89. The van der Waals surface area contributed by atoms with Crippen LogP contribution in [-0.4, -0.2) is 16.4 Å². The molecule has 0 fully saturated rings. The maximum Gasteiger partial charge on any atom is 0.132 e. The van der Waals surface area contributed by atoms with E-state index in [9.17, 15) is 0 Å². The van der Waals surface area contributed by atoms with Crippen LogP contribution in [0.15, 0.2) is 0 Å². The van der Waals surface area contributed by atoms with Crippen LogP contribution in [0.2, 0.25) is 5.15 Å². The Morgan fingerprint density at radius 1 is 1.64 bits per heavy atom. The number of aryl methyl sites for hydroxylation is 1. The highest BCUT2D eigenvalue weighted by atomic mass is 35.5. The predicted molar refractivity (Wildman–Crippen MR) is 50.8 cm³/mol. The fourth-order valence-electron chi connectivity index (χ4n) is 1.52. The van der Waals surface area contributed by atoms with Gasteiger partial charge in [0.15, 0.2) is 0 Å². The van der Waals surface area contributed by atoms with Crippen molar-refractivity contribution in [3.63, 3.8) is 0 Å². The maximum atomic E-state index is 8.46. The summed E-state index contributed by atoms with van der Waals surface area (Å²) >= 11 is 6.09. The third-order valence-electron chi connectivity index (χ3n) is 2.23. The van der Waals surface area contributed by atoms with Crippen LogP contribution in [-0.2, 0) is 24.3 Å². The van der Waals surface area contributed by atoms with Gasteiger partial charge >= 0.3 is 0 Å². The van der Waals surface area contributed by atoms with Crippen molar-refractivity contribution >= 4 is 11.6 Å². The van der Waals surface area contributed by atoms with Crippen molar-refractivity contribution in [1.29, 1.82) is 5.26 Å². The van der Waals surface area contributed by atoms with E-state index in [1.807, 2.05) is 0 Å². The van der Waals surface area contributed by atoms with Crippen LogP contribution in [0.5, 0.6) is 0 Å². The lowest BCUT2D eigenvalue weighted by molar-refractivity contribution is 0.110. The molecule has 0 atom stereocenters. The van der Waals surface area contributed by atoms with Gasteiger partial charge in [-0.05, 0) is 0 Å². The van der Waals surface area contributed by atoms with E-state index in [1.54, 1.807) is 4.68 Å². The van der Waals surface area contributed by atoms with Crippen molar-refractivity contribution in [2.24, 2.45) is 0 Å². The molecule has 1 aliphatic heterocycles. The van der Waals surface area contributed by atoms with Crippen molar-refractivity contribution < 1.29 is 4.74 Å². The topological polar surface area (TPSA) is 50.8 Å². The van der Waals surface area contributed by atoms with E-state index in [0.29, 0.717) is 31.3 Å². The molecule has 0 bridgehead atoms. The standard InChI is InChI=1S/C9H10ClN3O/c10-9-7-6-14-5-2-8(7)12-13(9)4-1-3-11/h1-2,4-6H2. The van der Waals surface area contributed by atoms with Crippen LogP contribution in [0.3, 0.4) is 0 Å². The van der Waals surface area contributed by atoms with E-state index in [2.05, 4.69) is 11.2 Å². The van der Waals surface area contributed by atoms with Gasteiger partial charge in [0.2, 0.25) is 0 Å². The summed E-state index contributed by atoms with van der Waals surface area (Å²) in [5, 5.41) is 13.4. The average molecular weight is 212 g/mol. The minimum atomic E-state index is 0.432. The Balaban J connectivity index is 2.25. The highest BCUT2D eigenvalue weighted by molar-refractivity contribution is 6.30. The Kier molecular flexibility index (Phi) is 2.71. The van der Waals surface area contributed by atoms with Crippen molar-refractivity contribution in [3.8, 4) is 6.07 Å². The molecule has 0 radical (unpaired) electrons. The molecule has 1 aromatic rings. The van der Waals surface area contributed by atoms with Crippen LogP contribution in [0.1, 0.15) is 17.7 Å². The first-order chi connectivity index (χ1) is 6.83. The lowest BCUT2D eigenvalue weighted by Gasteiger charge is -2.09. The molecule has 0 spiro atoms. The van der Waals surface area contributed by atoms with Gasteiger partial charge in [-0.3, -0.25) is 4.68 Å². The first-order valence-electron chi connectivity index (χ1n) is 4.51. The number of hydrogen-bond donors (Lipinski definition) is 0. The van der Waals surface area contributed by atoms with E-state index in [-0.39, 0.29) is 0 Å². The maximum absolute atomic E-state index is 8.46. The SMILES string of the molecule is N#CCCn1nc2c(c1Cl)COCC2. The molecule has 1 aromatic heterocycles. The number of nitriles is 1. The fraction of sp³-hybridized carbons (Fsp3) is 0.556. The van der Waals surface area contributed by atoms with Gasteiger partial charge < -0.3 is 4.74 Å². The normalized spacial score (nSPS) is 14.9. The second-order valence-corrected chi connectivity index (χ2v) is 3.51. The third kappa shape index (κ3) is 1.61. The van der Waals surface area contributed by atoms with E-state index in [4.69, 9.17) is 21.6 Å². The number of rotatable bonds is 2. The Morgan fingerprint density at radius 3 is 3.21 bits per heavy atom. The number of aromatic nitrogens is 2. The zero-order valence-corrected chi connectivity index (χ0v) is 8.42. The molecule has 1 aliphatic rings. The molecule has 0 amide bonds. The van der Waals surface area contributed by atoms with Crippen LogP contribution in [0, 0.1) is 11.3 Å². The van der Waals surface area contributed by atoms with Crippen LogP contribution < -0.4 is 0 Å². The average Bonchev–Trinajstić information content (AvgIpc) is 2.54. The summed E-state index contributed by atoms with van der Waals surface area (Å²) in [5.74, 6) is 0. The Morgan fingerprint density at radius 2 is 2.50 bits per heavy atom. The molecule has 0 N–H and O–H groups in total. The van der Waals surface area contributed by atoms with Crippen molar-refractivity contribution in [2.75, 3.05) is 6.61 Å². The molecule has 14 heavy (non-hydrogen) atoms. The third-order valence-corrected chi connectivity index (χ3v) is 2.65. The summed E-state index contributed by atoms with van der Waals surface area (Å²) in [4.78, 5) is 0. The van der Waals surface area contributed by atoms with E-state index < -0.39 is 0 Å². The second-order valence-electron chi connectivity index (χ2n) is 3.15. The van der Waals surface area contributed by atoms with Crippen molar-refractivity contribution in [3.05, 3.63) is 16.4 Å². The molecule has 0 unspecified atom stereocenters. The number of fused-ring (bicyclic) bond motifs is 1. The summed E-state index contributed by atoms with van der Waals surface area (Å²) in [7, 11) is 0. The van der Waals surface area contributed by atoms with Crippen LogP contribution >= 0.6 is 11.6 Å². The van der Waals surface area contributed by atoms with E-state index in [0.717, 1.165) is 17.7 Å². The van der Waals surface area contributed by atoms with Crippen LogP contribution in [0.25, 0.3) is 0 Å². The quantitative estimate of drug-likeness (QED) is 0.746. The lowest BCUT2D eigenvalue weighted by atomic mass is 10.2. The Hall–Kier alpha value is -1.05. The predicted octanol–water partition coefficient (Wildman–Crippen LogP) is 1.52. The van der Waals surface area contributed by atoms with E-state index in [1.165, 1.54) is 0 Å². The van der Waals surface area contributed by atoms with Crippen molar-refractivity contribution in [2.45, 2.75) is 26.0 Å². The summed E-state index contributed by atoms with van der Waals surface area (Å²) in [6.07, 6.45) is 1.25. The smallest absolute Gasteiger partial charge is 0.132 e. The number of ether oxygens (including phenoxy) is 1. The molecular formula is C9H10ClN3O. The van der Waals surface area contributed by atoms with E-state index >= 15 is 0 Å². The monoisotopic (exact) mass is 211 g/mol. The van der Waals surface area contributed by atoms with Gasteiger partial charge in [-0.2, -0.15) is 10.4 Å². The largest absolute Gasteiger partial charge is 0.376 e. The summed E-state index contributed by atoms with van der Waals surface area (Å²) in [6, 6.07) is 2.07. The van der Waals surface area contributed by atoms with Crippen molar-refractivity contribution in [1.82, 2.24) is 9.78 Å². The van der Waals surface area contributed by atoms with Gasteiger partial charge in [0.1, 0.15) is 5.15 Å².